The molecule has 1 aliphatic heterocycles. The number of rotatable bonds is 4. The summed E-state index contributed by atoms with van der Waals surface area (Å²) >= 11 is 5.11. The Morgan fingerprint density at radius 2 is 1.93 bits per heavy atom. The zero-order chi connectivity index (χ0) is 21.4. The monoisotopic (exact) mass is 571 g/mol. The highest BCUT2D eigenvalue weighted by Crippen LogP contribution is 2.37. The number of hydrogen-bond donors (Lipinski definition) is 2. The summed E-state index contributed by atoms with van der Waals surface area (Å²) in [5.74, 6) is -2.32. The fraction of sp³-hybridized carbons (Fsp3) is 0.471. The molecule has 0 bridgehead atoms. The molecule has 1 aromatic carbocycles. The second-order valence-electron chi connectivity index (χ2n) is 7.39. The van der Waals surface area contributed by atoms with Gasteiger partial charge >= 0.3 is 6.09 Å². The van der Waals surface area contributed by atoms with E-state index in [0.29, 0.717) is 8.04 Å². The van der Waals surface area contributed by atoms with Crippen molar-refractivity contribution in [2.45, 2.75) is 44.4 Å². The van der Waals surface area contributed by atoms with Crippen molar-refractivity contribution in [3.63, 3.8) is 0 Å². The van der Waals surface area contributed by atoms with E-state index in [-0.39, 0.29) is 18.7 Å². The molecule has 1 aliphatic rings. The molecule has 154 valence electrons. The molecule has 0 saturated carbocycles. The van der Waals surface area contributed by atoms with Crippen molar-refractivity contribution in [1.82, 2.24) is 4.90 Å². The van der Waals surface area contributed by atoms with Crippen LogP contribution >= 0.6 is 38.5 Å². The standard InChI is InChI=1S/C17H20BrFIN3O5/c1-16(2,3)28-15(26)23-7-17(14(22)25,6-10(23)13(21)24)27-11-5-8(19)4-9(18)12(11)20/h4-5,10H,6-7H2,1-3H3,(H2,21,24)(H2,22,25)/t10-,17+/m0/s1. The maximum absolute atomic E-state index is 13.8. The summed E-state index contributed by atoms with van der Waals surface area (Å²) in [4.78, 5) is 37.8. The lowest BCUT2D eigenvalue weighted by Crippen LogP contribution is -2.52. The van der Waals surface area contributed by atoms with Crippen molar-refractivity contribution in [2.75, 3.05) is 6.54 Å². The van der Waals surface area contributed by atoms with Gasteiger partial charge in [0.25, 0.3) is 5.91 Å². The van der Waals surface area contributed by atoms with Gasteiger partial charge in [0.15, 0.2) is 0 Å². The molecule has 1 fully saturated rings. The number of ether oxygens (including phenoxy) is 2. The number of nitrogens with two attached hydrogens (primary N) is 2. The lowest BCUT2D eigenvalue weighted by Gasteiger charge is -2.29. The van der Waals surface area contributed by atoms with Crippen LogP contribution in [-0.4, -0.2) is 46.6 Å². The zero-order valence-electron chi connectivity index (χ0n) is 15.4. The maximum Gasteiger partial charge on any atom is 0.411 e. The summed E-state index contributed by atoms with van der Waals surface area (Å²) in [7, 11) is 0. The average molecular weight is 572 g/mol. The Labute approximate surface area is 183 Å². The highest BCUT2D eigenvalue weighted by molar-refractivity contribution is 14.1. The first-order valence-electron chi connectivity index (χ1n) is 8.18. The van der Waals surface area contributed by atoms with Gasteiger partial charge in [-0.25, -0.2) is 9.18 Å². The summed E-state index contributed by atoms with van der Waals surface area (Å²) in [6.45, 7) is 4.61. The van der Waals surface area contributed by atoms with Gasteiger partial charge < -0.3 is 20.9 Å². The van der Waals surface area contributed by atoms with E-state index < -0.39 is 41.0 Å². The summed E-state index contributed by atoms with van der Waals surface area (Å²) in [6, 6.07) is 1.16. The predicted octanol–water partition coefficient (Wildman–Crippen LogP) is 2.29. The highest BCUT2D eigenvalue weighted by atomic mass is 127. The second-order valence-corrected chi connectivity index (χ2v) is 9.32. The van der Waals surface area contributed by atoms with Gasteiger partial charge in [0.2, 0.25) is 11.5 Å². The summed E-state index contributed by atoms with van der Waals surface area (Å²) in [6.07, 6.45) is -1.11. The molecule has 1 saturated heterocycles. The second kappa shape index (κ2) is 8.01. The molecule has 1 aromatic rings. The Kier molecular flexibility index (Phi) is 6.48. The minimum Gasteiger partial charge on any atom is -0.474 e. The molecular weight excluding hydrogens is 552 g/mol. The van der Waals surface area contributed by atoms with Crippen molar-refractivity contribution in [1.29, 1.82) is 0 Å². The molecule has 28 heavy (non-hydrogen) atoms. The van der Waals surface area contributed by atoms with Gasteiger partial charge in [-0.15, -0.1) is 0 Å². The molecule has 0 spiro atoms. The van der Waals surface area contributed by atoms with Crippen molar-refractivity contribution in [3.8, 4) is 5.75 Å². The van der Waals surface area contributed by atoms with E-state index in [1.807, 2.05) is 22.6 Å². The number of hydrogen-bond acceptors (Lipinski definition) is 5. The van der Waals surface area contributed by atoms with Crippen molar-refractivity contribution in [2.24, 2.45) is 11.5 Å². The molecule has 2 rings (SSSR count). The quantitative estimate of drug-likeness (QED) is 0.424. The largest absolute Gasteiger partial charge is 0.474 e. The molecule has 0 aliphatic carbocycles. The maximum atomic E-state index is 13.8. The minimum atomic E-state index is -1.77. The van der Waals surface area contributed by atoms with E-state index in [4.69, 9.17) is 20.9 Å². The normalized spacial score (nSPS) is 22.1. The number of amides is 3. The molecule has 8 nitrogen and oxygen atoms in total. The van der Waals surface area contributed by atoms with Crippen molar-refractivity contribution >= 4 is 56.4 Å². The van der Waals surface area contributed by atoms with Gasteiger partial charge in [-0.05, 0) is 65.4 Å². The van der Waals surface area contributed by atoms with E-state index in [0.717, 1.165) is 11.0 Å². The van der Waals surface area contributed by atoms with Crippen LogP contribution in [0, 0.1) is 9.39 Å². The Morgan fingerprint density at radius 3 is 2.43 bits per heavy atom. The van der Waals surface area contributed by atoms with Crippen LogP contribution in [0.25, 0.3) is 0 Å². The van der Waals surface area contributed by atoms with E-state index in [2.05, 4.69) is 15.9 Å². The summed E-state index contributed by atoms with van der Waals surface area (Å²) in [5.41, 5.74) is 8.37. The molecule has 2 atom stereocenters. The molecule has 11 heteroatoms. The van der Waals surface area contributed by atoms with Gasteiger partial charge in [0.1, 0.15) is 23.2 Å². The lowest BCUT2D eigenvalue weighted by molar-refractivity contribution is -0.132. The van der Waals surface area contributed by atoms with Gasteiger partial charge in [-0.3, -0.25) is 14.5 Å². The molecule has 0 radical (unpaired) electrons. The van der Waals surface area contributed by atoms with Crippen LogP contribution in [0.1, 0.15) is 27.2 Å². The number of primary amides is 2. The Balaban J connectivity index is 2.43. The van der Waals surface area contributed by atoms with E-state index in [1.165, 1.54) is 6.07 Å². The average Bonchev–Trinajstić information content (AvgIpc) is 2.92. The van der Waals surface area contributed by atoms with Crippen LogP contribution in [0.4, 0.5) is 9.18 Å². The number of carbonyl (C=O) groups excluding carboxylic acids is 3. The molecule has 0 unspecified atom stereocenters. The predicted molar refractivity (Wildman–Crippen MR) is 110 cm³/mol. The Hall–Kier alpha value is -1.63. The van der Waals surface area contributed by atoms with Crippen LogP contribution in [0.5, 0.6) is 5.75 Å². The smallest absolute Gasteiger partial charge is 0.411 e. The third-order valence-electron chi connectivity index (χ3n) is 4.00. The van der Waals surface area contributed by atoms with Crippen LogP contribution in [0.15, 0.2) is 16.6 Å². The van der Waals surface area contributed by atoms with Crippen LogP contribution < -0.4 is 16.2 Å². The zero-order valence-corrected chi connectivity index (χ0v) is 19.2. The van der Waals surface area contributed by atoms with Gasteiger partial charge in [0, 0.05) is 17.0 Å². The number of carbonyl (C=O) groups is 3. The third-order valence-corrected chi connectivity index (χ3v) is 6.47. The molecule has 1 heterocycles. The SMILES string of the molecule is CC(C)(C)OC(=O)N1C[C@@](Oc2cc(F)cc(Br)c2I)(C(N)=O)C[C@H]1C(N)=O. The van der Waals surface area contributed by atoms with E-state index >= 15 is 0 Å². The van der Waals surface area contributed by atoms with Crippen molar-refractivity contribution < 1.29 is 28.2 Å². The van der Waals surface area contributed by atoms with Crippen LogP contribution in [0.3, 0.4) is 0 Å². The summed E-state index contributed by atoms with van der Waals surface area (Å²) in [5, 5.41) is 0. The first-order valence-corrected chi connectivity index (χ1v) is 10.1. The fourth-order valence-corrected chi connectivity index (χ4v) is 3.59. The third kappa shape index (κ3) is 4.85. The highest BCUT2D eigenvalue weighted by Gasteiger charge is 2.55. The lowest BCUT2D eigenvalue weighted by atomic mass is 9.98. The molecule has 0 aromatic heterocycles. The van der Waals surface area contributed by atoms with Gasteiger partial charge in [-0.1, -0.05) is 0 Å². The van der Waals surface area contributed by atoms with Gasteiger partial charge in [-0.2, -0.15) is 0 Å². The first-order chi connectivity index (χ1) is 12.8. The van der Waals surface area contributed by atoms with Gasteiger partial charge in [0.05, 0.1) is 10.1 Å². The van der Waals surface area contributed by atoms with Crippen LogP contribution in [0.2, 0.25) is 0 Å². The Bertz CT molecular complexity index is 832. The fourth-order valence-electron chi connectivity index (χ4n) is 2.76. The van der Waals surface area contributed by atoms with E-state index in [9.17, 15) is 18.8 Å². The minimum absolute atomic E-state index is 0.0422. The number of nitrogens with zero attached hydrogens (tertiary/aromatic N) is 1. The molecular formula is C17H20BrFIN3O5. The van der Waals surface area contributed by atoms with Crippen LogP contribution in [-0.2, 0) is 14.3 Å². The Morgan fingerprint density at radius 1 is 1.32 bits per heavy atom. The molecule has 4 N–H and O–H groups in total. The topological polar surface area (TPSA) is 125 Å². The molecule has 3 amide bonds. The van der Waals surface area contributed by atoms with Crippen molar-refractivity contribution in [3.05, 3.63) is 26.0 Å². The first kappa shape index (κ1) is 22.7. The number of halogens is 3. The number of benzene rings is 1. The summed E-state index contributed by atoms with van der Waals surface area (Å²) < 4.78 is 25.8. The van der Waals surface area contributed by atoms with E-state index in [1.54, 1.807) is 20.8 Å². The number of likely N-dealkylation sites (tertiary alicyclic amines) is 1.